The molecule has 0 heterocycles. The first-order chi connectivity index (χ1) is 35.6. The number of benzene rings is 9. The molecule has 0 radical (unpaired) electrons. The summed E-state index contributed by atoms with van der Waals surface area (Å²) in [4.78, 5) is 4.64. The average Bonchev–Trinajstić information content (AvgIpc) is 3.45. The third kappa shape index (κ3) is 13.0. The Hall–Kier alpha value is -8.46. The monoisotopic (exact) mass is 933 g/mol. The average molecular weight is 933 g/mol. The molecule has 0 aromatic heterocycles. The molecule has 0 bridgehead atoms. The van der Waals surface area contributed by atoms with E-state index in [1.165, 1.54) is 59.1 Å². The van der Waals surface area contributed by atoms with Gasteiger partial charge in [-0.1, -0.05) is 245 Å². The zero-order valence-electron chi connectivity index (χ0n) is 41.7. The Balaban J connectivity index is 0.916. The quantitative estimate of drug-likeness (QED) is 0.0703. The van der Waals surface area contributed by atoms with Gasteiger partial charge in [-0.05, 0) is 130 Å². The Labute approximate surface area is 428 Å². The Morgan fingerprint density at radius 2 is 0.528 bits per heavy atom. The van der Waals surface area contributed by atoms with Gasteiger partial charge in [0.15, 0.2) is 0 Å². The summed E-state index contributed by atoms with van der Waals surface area (Å²) in [6.07, 6.45) is 20.3. The lowest BCUT2D eigenvalue weighted by molar-refractivity contribution is 0.795. The zero-order valence-corrected chi connectivity index (χ0v) is 41.7. The lowest BCUT2D eigenvalue weighted by atomic mass is 9.98. The van der Waals surface area contributed by atoms with Crippen LogP contribution in [0.5, 0.6) is 0 Å². The van der Waals surface area contributed by atoms with E-state index in [-0.39, 0.29) is 0 Å². The Morgan fingerprint density at radius 3 is 0.778 bits per heavy atom. The third-order valence-electron chi connectivity index (χ3n) is 13.1. The van der Waals surface area contributed by atoms with Crippen molar-refractivity contribution in [2.24, 2.45) is 0 Å². The summed E-state index contributed by atoms with van der Waals surface area (Å²) in [5, 5.41) is 0. The molecule has 0 saturated heterocycles. The molecule has 354 valence electrons. The summed E-state index contributed by atoms with van der Waals surface area (Å²) in [5.41, 5.74) is 18.8. The van der Waals surface area contributed by atoms with E-state index in [0.29, 0.717) is 0 Å². The van der Waals surface area contributed by atoms with Gasteiger partial charge in [-0.2, -0.15) is 0 Å². The SMILES string of the molecule is CCCCc1ccc(N(C=C(c2ccccc2)c2ccccc2)c2ccc(/C=C/c3ccc(/C=C/c4ccc(N(C=C(c5ccccc5)c5ccccc5)c5ccc(CCCC)cc5)cc4)cc3)cc2)cc1. The highest BCUT2D eigenvalue weighted by Gasteiger charge is 2.15. The van der Waals surface area contributed by atoms with Crippen LogP contribution in [-0.4, -0.2) is 0 Å². The maximum atomic E-state index is 2.32. The highest BCUT2D eigenvalue weighted by molar-refractivity contribution is 5.86. The van der Waals surface area contributed by atoms with E-state index in [1.54, 1.807) is 0 Å². The molecule has 2 nitrogen and oxygen atoms in total. The molecule has 0 aliphatic rings. The first-order valence-corrected chi connectivity index (χ1v) is 25.7. The van der Waals surface area contributed by atoms with Crippen LogP contribution in [0.15, 0.2) is 255 Å². The molecule has 0 spiro atoms. The molecule has 0 atom stereocenters. The predicted molar refractivity (Wildman–Crippen MR) is 311 cm³/mol. The van der Waals surface area contributed by atoms with Crippen LogP contribution < -0.4 is 9.80 Å². The van der Waals surface area contributed by atoms with Gasteiger partial charge in [0.1, 0.15) is 0 Å². The summed E-state index contributed by atoms with van der Waals surface area (Å²) >= 11 is 0. The fraction of sp³-hybridized carbons (Fsp3) is 0.114. The molecule has 9 aromatic rings. The molecule has 0 aliphatic carbocycles. The van der Waals surface area contributed by atoms with Gasteiger partial charge >= 0.3 is 0 Å². The van der Waals surface area contributed by atoms with Crippen LogP contribution in [0, 0.1) is 0 Å². The molecule has 0 unspecified atom stereocenters. The summed E-state index contributed by atoms with van der Waals surface area (Å²) in [6, 6.07) is 87.4. The van der Waals surface area contributed by atoms with Crippen molar-refractivity contribution in [3.8, 4) is 0 Å². The summed E-state index contributed by atoms with van der Waals surface area (Å²) in [5.74, 6) is 0. The van der Waals surface area contributed by atoms with Gasteiger partial charge in [-0.25, -0.2) is 0 Å². The number of anilines is 4. The van der Waals surface area contributed by atoms with Crippen molar-refractivity contribution in [2.75, 3.05) is 9.80 Å². The topological polar surface area (TPSA) is 6.48 Å². The second-order valence-corrected chi connectivity index (χ2v) is 18.3. The number of aryl methyl sites for hydroxylation is 2. The maximum Gasteiger partial charge on any atom is 0.0456 e. The fourth-order valence-corrected chi connectivity index (χ4v) is 8.96. The van der Waals surface area contributed by atoms with Gasteiger partial charge < -0.3 is 9.80 Å². The lowest BCUT2D eigenvalue weighted by Crippen LogP contribution is -2.10. The molecule has 2 heteroatoms. The molecule has 0 amide bonds. The second kappa shape index (κ2) is 24.9. The Bertz CT molecular complexity index is 2860. The number of rotatable bonds is 20. The van der Waals surface area contributed by atoms with E-state index in [0.717, 1.165) is 69.0 Å². The van der Waals surface area contributed by atoms with Crippen LogP contribution in [0.4, 0.5) is 22.7 Å². The number of hydrogen-bond donors (Lipinski definition) is 0. The van der Waals surface area contributed by atoms with Crippen molar-refractivity contribution in [3.05, 3.63) is 311 Å². The van der Waals surface area contributed by atoms with Crippen molar-refractivity contribution >= 4 is 58.2 Å². The maximum absolute atomic E-state index is 2.32. The van der Waals surface area contributed by atoms with E-state index >= 15 is 0 Å². The van der Waals surface area contributed by atoms with Crippen LogP contribution in [0.3, 0.4) is 0 Å². The van der Waals surface area contributed by atoms with Crippen molar-refractivity contribution in [1.82, 2.24) is 0 Å². The van der Waals surface area contributed by atoms with Crippen LogP contribution in [0.2, 0.25) is 0 Å². The molecule has 0 N–H and O–H groups in total. The molecular formula is C70H64N2. The highest BCUT2D eigenvalue weighted by atomic mass is 15.1. The number of hydrogen-bond acceptors (Lipinski definition) is 2. The minimum atomic E-state index is 1.10. The van der Waals surface area contributed by atoms with Crippen LogP contribution in [-0.2, 0) is 12.8 Å². The Morgan fingerprint density at radius 1 is 0.292 bits per heavy atom. The van der Waals surface area contributed by atoms with Gasteiger partial charge in [-0.15, -0.1) is 0 Å². The molecule has 9 rings (SSSR count). The van der Waals surface area contributed by atoms with E-state index in [4.69, 9.17) is 0 Å². The second-order valence-electron chi connectivity index (χ2n) is 18.3. The zero-order chi connectivity index (χ0) is 49.2. The molecule has 72 heavy (non-hydrogen) atoms. The van der Waals surface area contributed by atoms with E-state index in [2.05, 4.69) is 303 Å². The van der Waals surface area contributed by atoms with Crippen LogP contribution >= 0.6 is 0 Å². The lowest BCUT2D eigenvalue weighted by Gasteiger charge is -2.24. The molecule has 9 aromatic carbocycles. The normalized spacial score (nSPS) is 11.1. The predicted octanol–water partition coefficient (Wildman–Crippen LogP) is 19.2. The van der Waals surface area contributed by atoms with Crippen molar-refractivity contribution in [2.45, 2.75) is 52.4 Å². The van der Waals surface area contributed by atoms with E-state index in [1.807, 2.05) is 0 Å². The molecule has 0 fully saturated rings. The first-order valence-electron chi connectivity index (χ1n) is 25.7. The third-order valence-corrected chi connectivity index (χ3v) is 13.1. The van der Waals surface area contributed by atoms with Gasteiger partial charge in [0.05, 0.1) is 0 Å². The van der Waals surface area contributed by atoms with Crippen molar-refractivity contribution in [3.63, 3.8) is 0 Å². The molecule has 0 saturated carbocycles. The van der Waals surface area contributed by atoms with Gasteiger partial charge in [-0.3, -0.25) is 0 Å². The number of nitrogens with zero attached hydrogens (tertiary/aromatic N) is 2. The highest BCUT2D eigenvalue weighted by Crippen LogP contribution is 2.34. The van der Waals surface area contributed by atoms with Crippen molar-refractivity contribution in [1.29, 1.82) is 0 Å². The summed E-state index contributed by atoms with van der Waals surface area (Å²) < 4.78 is 0. The van der Waals surface area contributed by atoms with Crippen LogP contribution in [0.1, 0.15) is 95.2 Å². The van der Waals surface area contributed by atoms with Crippen molar-refractivity contribution < 1.29 is 0 Å². The minimum absolute atomic E-state index is 1.10. The molecule has 0 aliphatic heterocycles. The largest absolute Gasteiger partial charge is 0.317 e. The fourth-order valence-electron chi connectivity index (χ4n) is 8.96. The van der Waals surface area contributed by atoms with E-state index in [9.17, 15) is 0 Å². The van der Waals surface area contributed by atoms with Gasteiger partial charge in [0, 0.05) is 46.3 Å². The minimum Gasteiger partial charge on any atom is -0.317 e. The van der Waals surface area contributed by atoms with Gasteiger partial charge in [0.25, 0.3) is 0 Å². The van der Waals surface area contributed by atoms with E-state index < -0.39 is 0 Å². The van der Waals surface area contributed by atoms with Crippen LogP contribution in [0.25, 0.3) is 35.5 Å². The standard InChI is InChI=1S/C70H64N2/c1-3-5-19-55-37-45-65(46-38-55)71(53-69(61-21-11-7-12-22-61)62-23-13-8-14-24-62)67-49-41-59(42-50-67)35-33-57-29-31-58(32-30-57)34-36-60-43-51-68(52-44-60)72(66-47-39-56(40-48-66)20-6-4-2)54-70(63-25-15-9-16-26-63)64-27-17-10-18-28-64/h7-18,21-54H,3-6,19-20H2,1-2H3/b35-33+,36-34+. The smallest absolute Gasteiger partial charge is 0.0456 e. The first kappa shape index (κ1) is 48.6. The summed E-state index contributed by atoms with van der Waals surface area (Å²) in [7, 11) is 0. The van der Waals surface area contributed by atoms with Gasteiger partial charge in [0.2, 0.25) is 0 Å². The Kier molecular flexibility index (Phi) is 16.8. The number of unbranched alkanes of at least 4 members (excludes halogenated alkanes) is 2. The molecular weight excluding hydrogens is 869 g/mol. The summed E-state index contributed by atoms with van der Waals surface area (Å²) in [6.45, 7) is 4.50.